The predicted octanol–water partition coefficient (Wildman–Crippen LogP) is 0.636. The molecular weight excluding hydrogens is 236 g/mol. The summed E-state index contributed by atoms with van der Waals surface area (Å²) in [6, 6.07) is 3.09. The van der Waals surface area contributed by atoms with Gasteiger partial charge in [-0.2, -0.15) is 0 Å². The van der Waals surface area contributed by atoms with E-state index in [1.807, 2.05) is 0 Å². The van der Waals surface area contributed by atoms with E-state index in [1.54, 1.807) is 0 Å². The molecule has 1 rings (SSSR count). The fraction of sp³-hybridized carbons (Fsp3) is 0.222. The molecule has 0 aromatic heterocycles. The third kappa shape index (κ3) is 4.35. The zero-order valence-electron chi connectivity index (χ0n) is 8.46. The Bertz CT molecular complexity index is 359. The summed E-state index contributed by atoms with van der Waals surface area (Å²) in [6.07, 6.45) is 0.114. The molecule has 0 aliphatic heterocycles. The van der Waals surface area contributed by atoms with Gasteiger partial charge in [0.2, 0.25) is 0 Å². The number of carbonyl (C=O) groups is 1. The van der Waals surface area contributed by atoms with Crippen molar-refractivity contribution < 1.29 is 20.1 Å². The quantitative estimate of drug-likeness (QED) is 0.499. The molecule has 0 saturated heterocycles. The summed E-state index contributed by atoms with van der Waals surface area (Å²) < 4.78 is 0. The van der Waals surface area contributed by atoms with E-state index < -0.39 is 12.0 Å². The molecule has 8 N–H and O–H groups in total. The van der Waals surface area contributed by atoms with Gasteiger partial charge in [-0.3, -0.25) is 4.79 Å². The SMILES string of the molecule is Cl.N.N[C@@H](Cc1ccc(O)c(O)c1)C(=O)O. The Labute approximate surface area is 98.7 Å². The predicted molar refractivity (Wildman–Crippen MR) is 61.4 cm³/mol. The zero-order chi connectivity index (χ0) is 10.7. The lowest BCUT2D eigenvalue weighted by Gasteiger charge is -2.06. The van der Waals surface area contributed by atoms with Crippen LogP contribution < -0.4 is 11.9 Å². The van der Waals surface area contributed by atoms with Gasteiger partial charge in [0.05, 0.1) is 0 Å². The topological polar surface area (TPSA) is 139 Å². The molecule has 0 amide bonds. The lowest BCUT2D eigenvalue weighted by molar-refractivity contribution is -0.138. The van der Waals surface area contributed by atoms with Gasteiger partial charge in [0.15, 0.2) is 11.5 Å². The van der Waals surface area contributed by atoms with Gasteiger partial charge < -0.3 is 27.2 Å². The van der Waals surface area contributed by atoms with E-state index in [0.29, 0.717) is 5.56 Å². The number of carboxylic acid groups (broad SMARTS) is 1. The molecule has 7 heteroatoms. The van der Waals surface area contributed by atoms with E-state index in [0.717, 1.165) is 0 Å². The van der Waals surface area contributed by atoms with Gasteiger partial charge in [-0.1, -0.05) is 6.07 Å². The minimum absolute atomic E-state index is 0. The van der Waals surface area contributed by atoms with Crippen LogP contribution >= 0.6 is 12.4 Å². The van der Waals surface area contributed by atoms with Crippen LogP contribution in [0.2, 0.25) is 0 Å². The zero-order valence-corrected chi connectivity index (χ0v) is 9.28. The van der Waals surface area contributed by atoms with E-state index in [9.17, 15) is 4.79 Å². The summed E-state index contributed by atoms with van der Waals surface area (Å²) in [5.74, 6) is -1.62. The molecule has 0 unspecified atom stereocenters. The molecule has 0 heterocycles. The highest BCUT2D eigenvalue weighted by Gasteiger charge is 2.12. The number of nitrogens with two attached hydrogens (primary N) is 1. The summed E-state index contributed by atoms with van der Waals surface area (Å²) in [4.78, 5) is 10.4. The molecule has 0 fully saturated rings. The van der Waals surface area contributed by atoms with Crippen molar-refractivity contribution in [2.75, 3.05) is 0 Å². The Morgan fingerprint density at radius 2 is 1.88 bits per heavy atom. The first kappa shape index (κ1) is 16.9. The molecule has 92 valence electrons. The molecule has 0 spiro atoms. The number of halogens is 1. The van der Waals surface area contributed by atoms with E-state index in [4.69, 9.17) is 21.1 Å². The number of aliphatic carboxylic acids is 1. The largest absolute Gasteiger partial charge is 0.504 e. The van der Waals surface area contributed by atoms with Gasteiger partial charge in [0, 0.05) is 0 Å². The molecule has 0 saturated carbocycles. The summed E-state index contributed by atoms with van der Waals surface area (Å²) in [5.41, 5.74) is 5.86. The van der Waals surface area contributed by atoms with Crippen LogP contribution in [-0.2, 0) is 11.2 Å². The molecular formula is C9H15ClN2O4. The van der Waals surface area contributed by atoms with Crippen LogP contribution in [0.5, 0.6) is 11.5 Å². The van der Waals surface area contributed by atoms with Crippen LogP contribution in [0, 0.1) is 0 Å². The van der Waals surface area contributed by atoms with Gasteiger partial charge in [0.25, 0.3) is 0 Å². The van der Waals surface area contributed by atoms with Crippen molar-refractivity contribution in [3.63, 3.8) is 0 Å². The number of hydrogen-bond donors (Lipinski definition) is 5. The Morgan fingerprint density at radius 3 is 2.31 bits per heavy atom. The lowest BCUT2D eigenvalue weighted by atomic mass is 10.1. The summed E-state index contributed by atoms with van der Waals surface area (Å²) in [6.45, 7) is 0. The summed E-state index contributed by atoms with van der Waals surface area (Å²) in [5, 5.41) is 26.6. The minimum atomic E-state index is -1.10. The van der Waals surface area contributed by atoms with Crippen LogP contribution in [0.4, 0.5) is 0 Å². The minimum Gasteiger partial charge on any atom is -0.504 e. The Balaban J connectivity index is 0. The highest BCUT2D eigenvalue weighted by Crippen LogP contribution is 2.25. The van der Waals surface area contributed by atoms with Gasteiger partial charge in [-0.05, 0) is 24.1 Å². The maximum absolute atomic E-state index is 10.4. The average molecular weight is 251 g/mol. The molecule has 16 heavy (non-hydrogen) atoms. The summed E-state index contributed by atoms with van der Waals surface area (Å²) in [7, 11) is 0. The number of hydrogen-bond acceptors (Lipinski definition) is 5. The molecule has 1 aromatic carbocycles. The first-order valence-corrected chi connectivity index (χ1v) is 4.00. The maximum Gasteiger partial charge on any atom is 0.320 e. The van der Waals surface area contributed by atoms with Crippen LogP contribution in [-0.4, -0.2) is 27.3 Å². The van der Waals surface area contributed by atoms with Crippen LogP contribution in [0.15, 0.2) is 18.2 Å². The first-order valence-electron chi connectivity index (χ1n) is 4.00. The number of aromatic hydroxyl groups is 2. The van der Waals surface area contributed by atoms with Gasteiger partial charge in [0.1, 0.15) is 6.04 Å². The second-order valence-electron chi connectivity index (χ2n) is 2.97. The Hall–Kier alpha value is -1.50. The lowest BCUT2D eigenvalue weighted by Crippen LogP contribution is -2.32. The van der Waals surface area contributed by atoms with Crippen molar-refractivity contribution in [2.24, 2.45) is 5.73 Å². The van der Waals surface area contributed by atoms with Crippen LogP contribution in [0.3, 0.4) is 0 Å². The second kappa shape index (κ2) is 6.89. The van der Waals surface area contributed by atoms with Crippen molar-refractivity contribution in [3.05, 3.63) is 23.8 Å². The fourth-order valence-electron chi connectivity index (χ4n) is 1.04. The fourth-order valence-corrected chi connectivity index (χ4v) is 1.04. The maximum atomic E-state index is 10.4. The Morgan fingerprint density at radius 1 is 1.31 bits per heavy atom. The van der Waals surface area contributed by atoms with E-state index in [-0.39, 0.29) is 36.5 Å². The molecule has 1 aromatic rings. The number of phenols is 2. The van der Waals surface area contributed by atoms with Crippen molar-refractivity contribution in [1.82, 2.24) is 6.15 Å². The molecule has 0 bridgehead atoms. The Kier molecular flexibility index (Phi) is 7.28. The smallest absolute Gasteiger partial charge is 0.320 e. The summed E-state index contributed by atoms with van der Waals surface area (Å²) >= 11 is 0. The molecule has 0 aliphatic rings. The number of phenolic OH excluding ortho intramolecular Hbond substituents is 2. The van der Waals surface area contributed by atoms with Crippen molar-refractivity contribution in [1.29, 1.82) is 0 Å². The monoisotopic (exact) mass is 250 g/mol. The number of rotatable bonds is 3. The number of carboxylic acids is 1. The third-order valence-corrected chi connectivity index (χ3v) is 1.81. The highest BCUT2D eigenvalue weighted by molar-refractivity contribution is 5.85. The molecule has 0 aliphatic carbocycles. The molecule has 0 radical (unpaired) electrons. The van der Waals surface area contributed by atoms with Gasteiger partial charge in [-0.25, -0.2) is 0 Å². The van der Waals surface area contributed by atoms with Crippen LogP contribution in [0.25, 0.3) is 0 Å². The first-order chi connectivity index (χ1) is 6.50. The average Bonchev–Trinajstić information content (AvgIpc) is 2.11. The van der Waals surface area contributed by atoms with E-state index in [1.165, 1.54) is 18.2 Å². The second-order valence-corrected chi connectivity index (χ2v) is 2.97. The van der Waals surface area contributed by atoms with Crippen molar-refractivity contribution in [2.45, 2.75) is 12.5 Å². The van der Waals surface area contributed by atoms with E-state index >= 15 is 0 Å². The van der Waals surface area contributed by atoms with Gasteiger partial charge in [-0.15, -0.1) is 12.4 Å². The molecule has 6 nitrogen and oxygen atoms in total. The third-order valence-electron chi connectivity index (χ3n) is 1.81. The highest BCUT2D eigenvalue weighted by atomic mass is 35.5. The molecule has 1 atom stereocenters. The van der Waals surface area contributed by atoms with Crippen molar-refractivity contribution in [3.8, 4) is 11.5 Å². The standard InChI is InChI=1S/C9H11NO4.ClH.H3N/c10-6(9(13)14)3-5-1-2-7(11)8(12)4-5;;/h1-2,4,6,11-12H,3,10H2,(H,13,14);1H;1H3/t6-;;/m0../s1. The van der Waals surface area contributed by atoms with Crippen molar-refractivity contribution >= 4 is 18.4 Å². The number of benzene rings is 1. The van der Waals surface area contributed by atoms with Crippen LogP contribution in [0.1, 0.15) is 5.56 Å². The van der Waals surface area contributed by atoms with E-state index in [2.05, 4.69) is 0 Å². The van der Waals surface area contributed by atoms with Gasteiger partial charge >= 0.3 is 5.97 Å². The normalized spacial score (nSPS) is 10.8.